The van der Waals surface area contributed by atoms with Gasteiger partial charge in [0.05, 0.1) is 12.7 Å². The fraction of sp³-hybridized carbons (Fsp3) is 0.357. The highest BCUT2D eigenvalue weighted by molar-refractivity contribution is 5.64. The van der Waals surface area contributed by atoms with E-state index in [1.165, 1.54) is 0 Å². The molecule has 0 fully saturated rings. The summed E-state index contributed by atoms with van der Waals surface area (Å²) in [5, 5.41) is 3.34. The molecular formula is C14H19N3O. The van der Waals surface area contributed by atoms with Crippen molar-refractivity contribution in [2.45, 2.75) is 19.9 Å². The number of para-hydroxylation sites is 1. The van der Waals surface area contributed by atoms with Crippen LogP contribution in [-0.2, 0) is 6.54 Å². The zero-order valence-corrected chi connectivity index (χ0v) is 10.9. The first-order valence-corrected chi connectivity index (χ1v) is 6.23. The van der Waals surface area contributed by atoms with Crippen molar-refractivity contribution < 1.29 is 4.74 Å². The van der Waals surface area contributed by atoms with E-state index in [2.05, 4.69) is 22.2 Å². The van der Waals surface area contributed by atoms with Crippen LogP contribution in [0.15, 0.2) is 30.5 Å². The van der Waals surface area contributed by atoms with Crippen molar-refractivity contribution in [2.75, 3.05) is 13.7 Å². The summed E-state index contributed by atoms with van der Waals surface area (Å²) in [6, 6.07) is 7.87. The molecule has 0 spiro atoms. The predicted molar refractivity (Wildman–Crippen MR) is 72.6 cm³/mol. The van der Waals surface area contributed by atoms with Crippen LogP contribution in [0.5, 0.6) is 5.75 Å². The number of methoxy groups -OCH3 is 1. The molecule has 0 saturated carbocycles. The van der Waals surface area contributed by atoms with Gasteiger partial charge in [-0.15, -0.1) is 0 Å². The lowest BCUT2D eigenvalue weighted by atomic mass is 10.2. The van der Waals surface area contributed by atoms with Crippen LogP contribution < -0.4 is 10.1 Å². The molecule has 2 N–H and O–H groups in total. The minimum Gasteiger partial charge on any atom is -0.496 e. The van der Waals surface area contributed by atoms with Gasteiger partial charge in [0, 0.05) is 18.4 Å². The summed E-state index contributed by atoms with van der Waals surface area (Å²) in [5.41, 5.74) is 2.08. The largest absolute Gasteiger partial charge is 0.496 e. The van der Waals surface area contributed by atoms with Gasteiger partial charge in [0.2, 0.25) is 0 Å². The lowest BCUT2D eigenvalue weighted by molar-refractivity contribution is 0.416. The number of imidazole rings is 1. The highest BCUT2D eigenvalue weighted by Crippen LogP contribution is 2.26. The maximum absolute atomic E-state index is 5.33. The first kappa shape index (κ1) is 12.6. The van der Waals surface area contributed by atoms with Crippen molar-refractivity contribution in [1.29, 1.82) is 0 Å². The zero-order valence-electron chi connectivity index (χ0n) is 10.9. The molecule has 0 saturated heterocycles. The van der Waals surface area contributed by atoms with E-state index in [-0.39, 0.29) is 0 Å². The fourth-order valence-corrected chi connectivity index (χ4v) is 1.83. The van der Waals surface area contributed by atoms with Crippen LogP contribution in [0.3, 0.4) is 0 Å². The Bertz CT molecular complexity index is 493. The normalized spacial score (nSPS) is 10.6. The number of nitrogens with zero attached hydrogens (tertiary/aromatic N) is 1. The average Bonchev–Trinajstić information content (AvgIpc) is 2.88. The summed E-state index contributed by atoms with van der Waals surface area (Å²) < 4.78 is 5.33. The molecule has 0 bridgehead atoms. The molecule has 4 nitrogen and oxygen atoms in total. The van der Waals surface area contributed by atoms with Crippen molar-refractivity contribution >= 4 is 0 Å². The summed E-state index contributed by atoms with van der Waals surface area (Å²) in [6.07, 6.45) is 3.00. The lowest BCUT2D eigenvalue weighted by Crippen LogP contribution is -2.13. The maximum Gasteiger partial charge on any atom is 0.141 e. The lowest BCUT2D eigenvalue weighted by Gasteiger charge is -2.05. The molecule has 18 heavy (non-hydrogen) atoms. The molecule has 1 aromatic heterocycles. The van der Waals surface area contributed by atoms with Crippen LogP contribution in [-0.4, -0.2) is 23.6 Å². The summed E-state index contributed by atoms with van der Waals surface area (Å²) >= 11 is 0. The van der Waals surface area contributed by atoms with Crippen molar-refractivity contribution in [2.24, 2.45) is 0 Å². The topological polar surface area (TPSA) is 49.9 Å². The molecule has 1 aromatic carbocycles. The van der Waals surface area contributed by atoms with E-state index in [1.54, 1.807) is 7.11 Å². The van der Waals surface area contributed by atoms with Crippen LogP contribution >= 0.6 is 0 Å². The molecule has 0 aliphatic rings. The number of H-pyrrole nitrogens is 1. The SMILES string of the molecule is CCCNCc1cnc(-c2ccccc2OC)[nH]1. The number of nitrogens with one attached hydrogen (secondary N) is 2. The second kappa shape index (κ2) is 6.21. The Morgan fingerprint density at radius 3 is 2.94 bits per heavy atom. The number of aromatic nitrogens is 2. The number of hydrogen-bond donors (Lipinski definition) is 2. The van der Waals surface area contributed by atoms with Gasteiger partial charge in [0.1, 0.15) is 11.6 Å². The maximum atomic E-state index is 5.33. The van der Waals surface area contributed by atoms with E-state index >= 15 is 0 Å². The van der Waals surface area contributed by atoms with Gasteiger partial charge in [-0.05, 0) is 25.1 Å². The molecule has 1 heterocycles. The highest BCUT2D eigenvalue weighted by Gasteiger charge is 2.08. The summed E-state index contributed by atoms with van der Waals surface area (Å²) in [6.45, 7) is 3.99. The Kier molecular flexibility index (Phi) is 4.36. The van der Waals surface area contributed by atoms with Gasteiger partial charge in [-0.3, -0.25) is 0 Å². The summed E-state index contributed by atoms with van der Waals surface area (Å²) in [7, 11) is 1.67. The van der Waals surface area contributed by atoms with E-state index in [9.17, 15) is 0 Å². The van der Waals surface area contributed by atoms with E-state index in [4.69, 9.17) is 4.74 Å². The highest BCUT2D eigenvalue weighted by atomic mass is 16.5. The number of hydrogen-bond acceptors (Lipinski definition) is 3. The van der Waals surface area contributed by atoms with Gasteiger partial charge in [0.25, 0.3) is 0 Å². The van der Waals surface area contributed by atoms with Crippen LogP contribution in [0.4, 0.5) is 0 Å². The van der Waals surface area contributed by atoms with Gasteiger partial charge in [-0.1, -0.05) is 19.1 Å². The monoisotopic (exact) mass is 245 g/mol. The first-order chi connectivity index (χ1) is 8.85. The van der Waals surface area contributed by atoms with Gasteiger partial charge in [0.15, 0.2) is 0 Å². The Morgan fingerprint density at radius 1 is 1.33 bits per heavy atom. The average molecular weight is 245 g/mol. The van der Waals surface area contributed by atoms with Crippen LogP contribution in [0, 0.1) is 0 Å². The molecule has 4 heteroatoms. The van der Waals surface area contributed by atoms with Gasteiger partial charge in [-0.2, -0.15) is 0 Å². The fourth-order valence-electron chi connectivity index (χ4n) is 1.83. The third kappa shape index (κ3) is 2.90. The predicted octanol–water partition coefficient (Wildman–Crippen LogP) is 2.58. The molecule has 0 unspecified atom stereocenters. The number of rotatable bonds is 6. The van der Waals surface area contributed by atoms with E-state index in [0.717, 1.165) is 42.3 Å². The summed E-state index contributed by atoms with van der Waals surface area (Å²) in [5.74, 6) is 1.68. The minimum atomic E-state index is 0.815. The number of benzene rings is 1. The van der Waals surface area contributed by atoms with Crippen molar-refractivity contribution in [3.8, 4) is 17.1 Å². The van der Waals surface area contributed by atoms with E-state index in [0.29, 0.717) is 0 Å². The first-order valence-electron chi connectivity index (χ1n) is 6.23. The van der Waals surface area contributed by atoms with E-state index in [1.807, 2.05) is 30.5 Å². The van der Waals surface area contributed by atoms with E-state index < -0.39 is 0 Å². The third-order valence-electron chi connectivity index (χ3n) is 2.73. The van der Waals surface area contributed by atoms with Crippen LogP contribution in [0.1, 0.15) is 19.0 Å². The van der Waals surface area contributed by atoms with Crippen molar-refractivity contribution in [3.05, 3.63) is 36.2 Å². The Balaban J connectivity index is 2.13. The van der Waals surface area contributed by atoms with Crippen LogP contribution in [0.2, 0.25) is 0 Å². The standard InChI is InChI=1S/C14H19N3O/c1-3-8-15-9-11-10-16-14(17-11)12-6-4-5-7-13(12)18-2/h4-7,10,15H,3,8-9H2,1-2H3,(H,16,17). The Hall–Kier alpha value is -1.81. The molecule has 0 radical (unpaired) electrons. The smallest absolute Gasteiger partial charge is 0.141 e. The molecular weight excluding hydrogens is 226 g/mol. The minimum absolute atomic E-state index is 0.815. The van der Waals surface area contributed by atoms with Crippen molar-refractivity contribution in [3.63, 3.8) is 0 Å². The molecule has 2 rings (SSSR count). The molecule has 96 valence electrons. The Labute approximate surface area is 107 Å². The zero-order chi connectivity index (χ0) is 12.8. The second-order valence-electron chi connectivity index (χ2n) is 4.13. The second-order valence-corrected chi connectivity index (χ2v) is 4.13. The van der Waals surface area contributed by atoms with Gasteiger partial charge >= 0.3 is 0 Å². The van der Waals surface area contributed by atoms with Crippen LogP contribution in [0.25, 0.3) is 11.4 Å². The molecule has 0 aliphatic carbocycles. The molecule has 0 amide bonds. The molecule has 0 aliphatic heterocycles. The summed E-state index contributed by atoms with van der Waals surface area (Å²) in [4.78, 5) is 7.71. The van der Waals surface area contributed by atoms with Gasteiger partial charge in [-0.25, -0.2) is 4.98 Å². The van der Waals surface area contributed by atoms with Crippen molar-refractivity contribution in [1.82, 2.24) is 15.3 Å². The molecule has 0 atom stereocenters. The Morgan fingerprint density at radius 2 is 2.17 bits per heavy atom. The molecule has 2 aromatic rings. The van der Waals surface area contributed by atoms with Gasteiger partial charge < -0.3 is 15.0 Å². The number of ether oxygens (including phenoxy) is 1. The third-order valence-corrected chi connectivity index (χ3v) is 2.73. The number of aromatic amines is 1. The quantitative estimate of drug-likeness (QED) is 0.769.